The molecule has 4 rings (SSSR count). The standard InChI is InChI=1S/C22H28ClFN4O/c1-15(2)11-28-14-25-26-20(28)17-12-27(13-22(17)8-4-3-5-9-22)21(29)16-6-7-19(24)18(23)10-16/h6-7,10,14-15,17H,3-5,8-9,11-13H2,1-2H3. The summed E-state index contributed by atoms with van der Waals surface area (Å²) >= 11 is 5.92. The fourth-order valence-corrected chi connectivity index (χ4v) is 5.30. The number of carbonyl (C=O) groups excluding carboxylic acids is 1. The topological polar surface area (TPSA) is 51.0 Å². The largest absolute Gasteiger partial charge is 0.337 e. The predicted molar refractivity (Wildman–Crippen MR) is 110 cm³/mol. The molecule has 1 aliphatic heterocycles. The smallest absolute Gasteiger partial charge is 0.253 e. The van der Waals surface area contributed by atoms with E-state index in [0.29, 0.717) is 24.6 Å². The van der Waals surface area contributed by atoms with Gasteiger partial charge in [0.2, 0.25) is 0 Å². The molecule has 1 amide bonds. The summed E-state index contributed by atoms with van der Waals surface area (Å²) in [6.07, 6.45) is 7.61. The fourth-order valence-electron chi connectivity index (χ4n) is 5.12. The second kappa shape index (κ2) is 8.05. The first-order valence-electron chi connectivity index (χ1n) is 10.5. The Morgan fingerprint density at radius 3 is 2.76 bits per heavy atom. The highest BCUT2D eigenvalue weighted by Crippen LogP contribution is 2.51. The lowest BCUT2D eigenvalue weighted by Crippen LogP contribution is -2.34. The summed E-state index contributed by atoms with van der Waals surface area (Å²) in [7, 11) is 0. The van der Waals surface area contributed by atoms with Gasteiger partial charge < -0.3 is 9.47 Å². The maximum Gasteiger partial charge on any atom is 0.253 e. The molecule has 1 aliphatic carbocycles. The molecule has 2 aliphatic rings. The zero-order valence-electron chi connectivity index (χ0n) is 17.1. The molecule has 1 spiro atoms. The van der Waals surface area contributed by atoms with E-state index in [0.717, 1.165) is 25.2 Å². The molecule has 0 N–H and O–H groups in total. The minimum absolute atomic E-state index is 0.0179. The van der Waals surface area contributed by atoms with Gasteiger partial charge in [0.1, 0.15) is 18.0 Å². The highest BCUT2D eigenvalue weighted by molar-refractivity contribution is 6.31. The van der Waals surface area contributed by atoms with Crippen LogP contribution in [0.3, 0.4) is 0 Å². The average Bonchev–Trinajstić information content (AvgIpc) is 3.28. The average molecular weight is 419 g/mol. The number of likely N-dealkylation sites (tertiary alicyclic amines) is 1. The van der Waals surface area contributed by atoms with E-state index < -0.39 is 5.82 Å². The van der Waals surface area contributed by atoms with Crippen LogP contribution in [0.1, 0.15) is 68.1 Å². The Morgan fingerprint density at radius 1 is 1.31 bits per heavy atom. The van der Waals surface area contributed by atoms with Gasteiger partial charge in [0.05, 0.1) is 5.02 Å². The van der Waals surface area contributed by atoms with Crippen molar-refractivity contribution in [1.29, 1.82) is 0 Å². The molecule has 2 fully saturated rings. The van der Waals surface area contributed by atoms with Gasteiger partial charge in [0.25, 0.3) is 5.91 Å². The van der Waals surface area contributed by atoms with Crippen LogP contribution < -0.4 is 0 Å². The van der Waals surface area contributed by atoms with Gasteiger partial charge in [-0.15, -0.1) is 10.2 Å². The molecule has 1 atom stereocenters. The molecule has 0 bridgehead atoms. The molecule has 156 valence electrons. The maximum atomic E-state index is 13.5. The number of aromatic nitrogens is 3. The predicted octanol–water partition coefficient (Wildman–Crippen LogP) is 4.92. The van der Waals surface area contributed by atoms with E-state index in [9.17, 15) is 9.18 Å². The molecule has 1 saturated carbocycles. The van der Waals surface area contributed by atoms with Crippen LogP contribution in [-0.4, -0.2) is 38.7 Å². The maximum absolute atomic E-state index is 13.5. The number of halogens is 2. The molecular formula is C22H28ClFN4O. The molecule has 5 nitrogen and oxygen atoms in total. The van der Waals surface area contributed by atoms with Crippen LogP contribution in [0.4, 0.5) is 4.39 Å². The molecular weight excluding hydrogens is 391 g/mol. The lowest BCUT2D eigenvalue weighted by molar-refractivity contribution is 0.0758. The number of amides is 1. The van der Waals surface area contributed by atoms with Crippen LogP contribution in [0.2, 0.25) is 5.02 Å². The molecule has 1 aromatic heterocycles. The van der Waals surface area contributed by atoms with E-state index in [4.69, 9.17) is 11.6 Å². The minimum Gasteiger partial charge on any atom is -0.337 e. The second-order valence-corrected chi connectivity index (χ2v) is 9.43. The van der Waals surface area contributed by atoms with Crippen molar-refractivity contribution in [1.82, 2.24) is 19.7 Å². The first-order chi connectivity index (χ1) is 13.9. The summed E-state index contributed by atoms with van der Waals surface area (Å²) in [5.41, 5.74) is 0.478. The third-order valence-electron chi connectivity index (χ3n) is 6.47. The van der Waals surface area contributed by atoms with Gasteiger partial charge >= 0.3 is 0 Å². The van der Waals surface area contributed by atoms with E-state index in [1.54, 1.807) is 0 Å². The highest BCUT2D eigenvalue weighted by atomic mass is 35.5. The number of nitrogens with zero attached hydrogens (tertiary/aromatic N) is 4. The van der Waals surface area contributed by atoms with Crippen molar-refractivity contribution in [3.63, 3.8) is 0 Å². The zero-order chi connectivity index (χ0) is 20.6. The summed E-state index contributed by atoms with van der Waals surface area (Å²) in [5.74, 6) is 1.06. The first-order valence-corrected chi connectivity index (χ1v) is 10.9. The van der Waals surface area contributed by atoms with Crippen LogP contribution in [-0.2, 0) is 6.54 Å². The highest BCUT2D eigenvalue weighted by Gasteiger charge is 2.50. The van der Waals surface area contributed by atoms with E-state index in [2.05, 4.69) is 28.6 Å². The molecule has 2 aromatic rings. The first kappa shape index (κ1) is 20.3. The molecule has 29 heavy (non-hydrogen) atoms. The Balaban J connectivity index is 1.65. The molecule has 1 unspecified atom stereocenters. The van der Waals surface area contributed by atoms with Crippen molar-refractivity contribution in [2.75, 3.05) is 13.1 Å². The quantitative estimate of drug-likeness (QED) is 0.708. The lowest BCUT2D eigenvalue weighted by atomic mass is 9.67. The van der Waals surface area contributed by atoms with E-state index in [-0.39, 0.29) is 22.3 Å². The number of benzene rings is 1. The van der Waals surface area contributed by atoms with Gasteiger partial charge in [0.15, 0.2) is 0 Å². The summed E-state index contributed by atoms with van der Waals surface area (Å²) in [5, 5.41) is 8.68. The normalized spacial score (nSPS) is 21.3. The van der Waals surface area contributed by atoms with Gasteiger partial charge in [-0.1, -0.05) is 44.7 Å². The summed E-state index contributed by atoms with van der Waals surface area (Å²) in [6.45, 7) is 6.56. The van der Waals surface area contributed by atoms with Crippen LogP contribution in [0, 0.1) is 17.2 Å². The molecule has 1 saturated heterocycles. The van der Waals surface area contributed by atoms with Crippen molar-refractivity contribution < 1.29 is 9.18 Å². The zero-order valence-corrected chi connectivity index (χ0v) is 17.8. The van der Waals surface area contributed by atoms with Crippen molar-refractivity contribution in [3.05, 3.63) is 46.8 Å². The van der Waals surface area contributed by atoms with Crippen LogP contribution in [0.5, 0.6) is 0 Å². The third-order valence-corrected chi connectivity index (χ3v) is 6.76. The molecule has 1 aromatic carbocycles. The van der Waals surface area contributed by atoms with Crippen molar-refractivity contribution >= 4 is 17.5 Å². The Morgan fingerprint density at radius 2 is 2.07 bits per heavy atom. The Bertz CT molecular complexity index is 891. The second-order valence-electron chi connectivity index (χ2n) is 9.03. The number of hydrogen-bond acceptors (Lipinski definition) is 3. The Kier molecular flexibility index (Phi) is 5.65. The van der Waals surface area contributed by atoms with E-state index in [1.165, 1.54) is 37.5 Å². The molecule has 7 heteroatoms. The van der Waals surface area contributed by atoms with E-state index >= 15 is 0 Å². The molecule has 0 radical (unpaired) electrons. The number of rotatable bonds is 4. The SMILES string of the molecule is CC(C)Cn1cnnc1C1CN(C(=O)c2ccc(F)c(Cl)c2)CC12CCCCC2. The fraction of sp³-hybridized carbons (Fsp3) is 0.591. The van der Waals surface area contributed by atoms with Gasteiger partial charge in [-0.05, 0) is 42.4 Å². The van der Waals surface area contributed by atoms with E-state index in [1.807, 2.05) is 11.2 Å². The van der Waals surface area contributed by atoms with Crippen LogP contribution in [0.15, 0.2) is 24.5 Å². The third kappa shape index (κ3) is 3.91. The minimum atomic E-state index is -0.506. The van der Waals surface area contributed by atoms with Gasteiger partial charge in [0, 0.05) is 31.1 Å². The monoisotopic (exact) mass is 418 g/mol. The van der Waals surface area contributed by atoms with Gasteiger partial charge in [-0.2, -0.15) is 0 Å². The van der Waals surface area contributed by atoms with Crippen molar-refractivity contribution in [2.45, 2.75) is 58.4 Å². The summed E-state index contributed by atoms with van der Waals surface area (Å²) < 4.78 is 15.7. The lowest BCUT2D eigenvalue weighted by Gasteiger charge is -2.37. The van der Waals surface area contributed by atoms with Crippen molar-refractivity contribution in [2.24, 2.45) is 11.3 Å². The van der Waals surface area contributed by atoms with Gasteiger partial charge in [-0.25, -0.2) is 4.39 Å². The van der Waals surface area contributed by atoms with Crippen LogP contribution in [0.25, 0.3) is 0 Å². The summed E-state index contributed by atoms with van der Waals surface area (Å²) in [6, 6.07) is 4.21. The Labute approximate surface area is 176 Å². The van der Waals surface area contributed by atoms with Crippen LogP contribution >= 0.6 is 11.6 Å². The number of hydrogen-bond donors (Lipinski definition) is 0. The Hall–Kier alpha value is -1.95. The summed E-state index contributed by atoms with van der Waals surface area (Å²) in [4.78, 5) is 15.1. The van der Waals surface area contributed by atoms with Crippen molar-refractivity contribution in [3.8, 4) is 0 Å². The number of carbonyl (C=O) groups is 1. The molecule has 2 heterocycles. The van der Waals surface area contributed by atoms with Gasteiger partial charge in [-0.3, -0.25) is 4.79 Å².